The molecule has 2 N–H and O–H groups in total. The lowest BCUT2D eigenvalue weighted by atomic mass is 9.94. The van der Waals surface area contributed by atoms with E-state index in [1.165, 1.54) is 11.1 Å². The van der Waals surface area contributed by atoms with Crippen LogP contribution in [-0.4, -0.2) is 30.9 Å². The minimum atomic E-state index is -0.342. The molecule has 1 aromatic carbocycles. The second-order valence-corrected chi connectivity index (χ2v) is 4.51. The highest BCUT2D eigenvalue weighted by molar-refractivity contribution is 5.30. The Hall–Kier alpha value is -0.900. The average Bonchev–Trinajstić information content (AvgIpc) is 2.37. The summed E-state index contributed by atoms with van der Waals surface area (Å²) in [5, 5.41) is 13.1. The first-order valence-electron chi connectivity index (χ1n) is 6.39. The van der Waals surface area contributed by atoms with Crippen LogP contribution in [0.5, 0.6) is 0 Å². The van der Waals surface area contributed by atoms with Crippen molar-refractivity contribution in [3.8, 4) is 0 Å². The van der Waals surface area contributed by atoms with Crippen LogP contribution in [0.4, 0.5) is 0 Å². The van der Waals surface area contributed by atoms with Crippen molar-refractivity contribution in [1.82, 2.24) is 5.32 Å². The molecule has 0 fully saturated rings. The molecule has 0 spiro atoms. The van der Waals surface area contributed by atoms with Crippen molar-refractivity contribution < 1.29 is 9.84 Å². The molecule has 3 nitrogen and oxygen atoms in total. The van der Waals surface area contributed by atoms with Crippen LogP contribution in [0.2, 0.25) is 0 Å². The summed E-state index contributed by atoms with van der Waals surface area (Å²) >= 11 is 0. The van der Waals surface area contributed by atoms with Gasteiger partial charge in [0.15, 0.2) is 0 Å². The van der Waals surface area contributed by atoms with Crippen LogP contribution in [0.1, 0.15) is 30.6 Å². The van der Waals surface area contributed by atoms with Crippen molar-refractivity contribution in [3.63, 3.8) is 0 Å². The van der Waals surface area contributed by atoms with E-state index in [0.29, 0.717) is 13.0 Å². The fourth-order valence-electron chi connectivity index (χ4n) is 2.31. The number of aliphatic hydroxyl groups is 1. The summed E-state index contributed by atoms with van der Waals surface area (Å²) in [4.78, 5) is 0. The van der Waals surface area contributed by atoms with Gasteiger partial charge in [-0.15, -0.1) is 0 Å². The van der Waals surface area contributed by atoms with Crippen LogP contribution in [0.15, 0.2) is 24.3 Å². The van der Waals surface area contributed by atoms with Gasteiger partial charge >= 0.3 is 0 Å². The van der Waals surface area contributed by atoms with Gasteiger partial charge in [0.25, 0.3) is 0 Å². The molecule has 0 saturated carbocycles. The van der Waals surface area contributed by atoms with Crippen LogP contribution < -0.4 is 5.32 Å². The zero-order chi connectivity index (χ0) is 12.1. The Morgan fingerprint density at radius 3 is 3.12 bits per heavy atom. The van der Waals surface area contributed by atoms with E-state index in [0.717, 1.165) is 19.6 Å². The molecule has 0 radical (unpaired) electrons. The van der Waals surface area contributed by atoms with Crippen molar-refractivity contribution in [2.24, 2.45) is 0 Å². The third-order valence-electron chi connectivity index (χ3n) is 3.21. The summed E-state index contributed by atoms with van der Waals surface area (Å²) in [6.07, 6.45) is 1.36. The normalized spacial score (nSPS) is 20.9. The number of hydrogen-bond acceptors (Lipinski definition) is 3. The van der Waals surface area contributed by atoms with Gasteiger partial charge in [-0.05, 0) is 24.1 Å². The van der Waals surface area contributed by atoms with Gasteiger partial charge in [-0.2, -0.15) is 0 Å². The molecule has 94 valence electrons. The number of benzene rings is 1. The highest BCUT2D eigenvalue weighted by Crippen LogP contribution is 2.30. The predicted molar refractivity (Wildman–Crippen MR) is 68.0 cm³/mol. The molecule has 2 rings (SSSR count). The van der Waals surface area contributed by atoms with Gasteiger partial charge in [0.1, 0.15) is 0 Å². The lowest BCUT2D eigenvalue weighted by Crippen LogP contribution is -2.29. The summed E-state index contributed by atoms with van der Waals surface area (Å²) in [7, 11) is 0. The van der Waals surface area contributed by atoms with Crippen molar-refractivity contribution in [2.45, 2.75) is 32.0 Å². The first-order chi connectivity index (χ1) is 8.31. The maximum absolute atomic E-state index is 9.92. The van der Waals surface area contributed by atoms with Crippen molar-refractivity contribution >= 4 is 0 Å². The summed E-state index contributed by atoms with van der Waals surface area (Å²) in [5.74, 6) is 0. The molecule has 1 aliphatic rings. The molecule has 17 heavy (non-hydrogen) atoms. The van der Waals surface area contributed by atoms with Crippen LogP contribution in [0.25, 0.3) is 0 Å². The molecule has 3 heteroatoms. The van der Waals surface area contributed by atoms with E-state index in [-0.39, 0.29) is 12.2 Å². The topological polar surface area (TPSA) is 41.5 Å². The number of aliphatic hydroxyl groups excluding tert-OH is 1. The SMILES string of the molecule is CCNCC(O)CC1OCCc2ccccc21. The summed E-state index contributed by atoms with van der Waals surface area (Å²) in [5.41, 5.74) is 2.61. The quantitative estimate of drug-likeness (QED) is 0.815. The van der Waals surface area contributed by atoms with E-state index in [4.69, 9.17) is 4.74 Å². The van der Waals surface area contributed by atoms with Crippen LogP contribution >= 0.6 is 0 Å². The van der Waals surface area contributed by atoms with Crippen LogP contribution in [0.3, 0.4) is 0 Å². The Morgan fingerprint density at radius 2 is 2.29 bits per heavy atom. The van der Waals surface area contributed by atoms with Gasteiger partial charge in [-0.3, -0.25) is 0 Å². The number of rotatable bonds is 5. The number of ether oxygens (including phenoxy) is 1. The monoisotopic (exact) mass is 235 g/mol. The van der Waals surface area contributed by atoms with E-state index in [2.05, 4.69) is 23.5 Å². The Morgan fingerprint density at radius 1 is 1.47 bits per heavy atom. The molecule has 2 unspecified atom stereocenters. The minimum absolute atomic E-state index is 0.0496. The molecular weight excluding hydrogens is 214 g/mol. The van der Waals surface area contributed by atoms with Crippen molar-refractivity contribution in [1.29, 1.82) is 0 Å². The maximum Gasteiger partial charge on any atom is 0.0852 e. The largest absolute Gasteiger partial charge is 0.392 e. The smallest absolute Gasteiger partial charge is 0.0852 e. The van der Waals surface area contributed by atoms with Gasteiger partial charge in [0.05, 0.1) is 18.8 Å². The number of fused-ring (bicyclic) bond motifs is 1. The standard InChI is InChI=1S/C14H21NO2/c1-2-15-10-12(16)9-14-13-6-4-3-5-11(13)7-8-17-14/h3-6,12,14-16H,2,7-10H2,1H3. The summed E-state index contributed by atoms with van der Waals surface area (Å²) in [6.45, 7) is 4.33. The lowest BCUT2D eigenvalue weighted by Gasteiger charge is -2.27. The fraction of sp³-hybridized carbons (Fsp3) is 0.571. The first kappa shape index (κ1) is 12.6. The lowest BCUT2D eigenvalue weighted by molar-refractivity contribution is 0.00476. The molecule has 0 aromatic heterocycles. The van der Waals surface area contributed by atoms with Crippen molar-refractivity contribution in [2.75, 3.05) is 19.7 Å². The Balaban J connectivity index is 1.98. The van der Waals surface area contributed by atoms with Gasteiger partial charge < -0.3 is 15.2 Å². The predicted octanol–water partition coefficient (Wildman–Crippen LogP) is 1.66. The highest BCUT2D eigenvalue weighted by Gasteiger charge is 2.22. The Kier molecular flexibility index (Phi) is 4.54. The molecule has 1 aliphatic heterocycles. The second kappa shape index (κ2) is 6.15. The van der Waals surface area contributed by atoms with Gasteiger partial charge in [0.2, 0.25) is 0 Å². The molecule has 0 saturated heterocycles. The van der Waals surface area contributed by atoms with Gasteiger partial charge in [-0.1, -0.05) is 31.2 Å². The number of likely N-dealkylation sites (N-methyl/N-ethyl adjacent to an activating group) is 1. The molecule has 1 heterocycles. The molecule has 2 atom stereocenters. The highest BCUT2D eigenvalue weighted by atomic mass is 16.5. The summed E-state index contributed by atoms with van der Waals surface area (Å²) < 4.78 is 5.77. The molecule has 1 aromatic rings. The molecule has 0 amide bonds. The van der Waals surface area contributed by atoms with E-state index in [1.807, 2.05) is 13.0 Å². The van der Waals surface area contributed by atoms with Crippen molar-refractivity contribution in [3.05, 3.63) is 35.4 Å². The first-order valence-corrected chi connectivity index (χ1v) is 6.39. The Bertz CT molecular complexity index is 354. The summed E-state index contributed by atoms with van der Waals surface area (Å²) in [6, 6.07) is 8.37. The van der Waals surface area contributed by atoms with Crippen LogP contribution in [0, 0.1) is 0 Å². The van der Waals surface area contributed by atoms with E-state index in [9.17, 15) is 5.11 Å². The van der Waals surface area contributed by atoms with E-state index >= 15 is 0 Å². The average molecular weight is 235 g/mol. The fourth-order valence-corrected chi connectivity index (χ4v) is 2.31. The second-order valence-electron chi connectivity index (χ2n) is 4.51. The molecule has 0 aliphatic carbocycles. The van der Waals surface area contributed by atoms with E-state index < -0.39 is 0 Å². The van der Waals surface area contributed by atoms with E-state index in [1.54, 1.807) is 0 Å². The zero-order valence-electron chi connectivity index (χ0n) is 10.4. The molecular formula is C14H21NO2. The van der Waals surface area contributed by atoms with Gasteiger partial charge in [-0.25, -0.2) is 0 Å². The third kappa shape index (κ3) is 3.28. The zero-order valence-corrected chi connectivity index (χ0v) is 10.4. The third-order valence-corrected chi connectivity index (χ3v) is 3.21. The number of nitrogens with one attached hydrogen (secondary N) is 1. The van der Waals surface area contributed by atoms with Gasteiger partial charge in [0, 0.05) is 13.0 Å². The molecule has 0 bridgehead atoms. The maximum atomic E-state index is 9.92. The number of hydrogen-bond donors (Lipinski definition) is 2. The van der Waals surface area contributed by atoms with Crippen LogP contribution in [-0.2, 0) is 11.2 Å². The minimum Gasteiger partial charge on any atom is -0.392 e. The Labute approximate surface area is 103 Å².